The Morgan fingerprint density at radius 2 is 2.08 bits per heavy atom. The van der Waals surface area contributed by atoms with Crippen molar-refractivity contribution in [2.75, 3.05) is 20.3 Å². The first-order chi connectivity index (χ1) is 11.5. The maximum absolute atomic E-state index is 12.4. The van der Waals surface area contributed by atoms with Gasteiger partial charge in [0, 0.05) is 20.1 Å². The molecule has 1 aromatic rings. The number of amides is 1. The van der Waals surface area contributed by atoms with Gasteiger partial charge in [0.25, 0.3) is 5.91 Å². The first kappa shape index (κ1) is 18.3. The third kappa shape index (κ3) is 4.06. The van der Waals surface area contributed by atoms with Crippen molar-refractivity contribution in [1.82, 2.24) is 4.90 Å². The predicted molar refractivity (Wildman–Crippen MR) is 89.2 cm³/mol. The number of ether oxygens (including phenoxy) is 2. The van der Waals surface area contributed by atoms with E-state index in [4.69, 9.17) is 9.47 Å². The van der Waals surface area contributed by atoms with Gasteiger partial charge in [0.15, 0.2) is 6.61 Å². The van der Waals surface area contributed by atoms with Crippen LogP contribution in [0.4, 0.5) is 0 Å². The van der Waals surface area contributed by atoms with Crippen molar-refractivity contribution in [1.29, 1.82) is 0 Å². The van der Waals surface area contributed by atoms with Crippen LogP contribution in [0.25, 0.3) is 0 Å². The molecule has 0 spiro atoms. The highest BCUT2D eigenvalue weighted by Crippen LogP contribution is 2.28. The molecule has 1 aliphatic rings. The van der Waals surface area contributed by atoms with E-state index in [0.717, 1.165) is 12.0 Å². The van der Waals surface area contributed by atoms with Crippen LogP contribution in [0.5, 0.6) is 5.75 Å². The van der Waals surface area contributed by atoms with Crippen LogP contribution in [0.2, 0.25) is 0 Å². The van der Waals surface area contributed by atoms with E-state index in [0.29, 0.717) is 18.1 Å². The molecular weight excluding hydrogens is 310 g/mol. The van der Waals surface area contributed by atoms with Crippen molar-refractivity contribution in [3.8, 4) is 5.75 Å². The van der Waals surface area contributed by atoms with Crippen molar-refractivity contribution in [2.24, 2.45) is 0 Å². The van der Waals surface area contributed by atoms with Crippen LogP contribution in [0, 0.1) is 0 Å². The maximum atomic E-state index is 12.4. The molecule has 0 radical (unpaired) electrons. The Morgan fingerprint density at radius 3 is 2.71 bits per heavy atom. The van der Waals surface area contributed by atoms with E-state index in [1.54, 1.807) is 0 Å². The fourth-order valence-electron chi connectivity index (χ4n) is 2.94. The quantitative estimate of drug-likeness (QED) is 0.827. The number of nitrogens with zero attached hydrogens (tertiary/aromatic N) is 1. The van der Waals surface area contributed by atoms with Gasteiger partial charge >= 0.3 is 5.97 Å². The molecule has 1 saturated heterocycles. The molecule has 1 N–H and O–H groups in total. The number of likely N-dealkylation sites (tertiary alicyclic amines) is 1. The molecule has 24 heavy (non-hydrogen) atoms. The van der Waals surface area contributed by atoms with E-state index < -0.39 is 12.0 Å². The number of hydrogen-bond acceptors (Lipinski definition) is 4. The molecule has 0 saturated carbocycles. The molecular formula is C18H25NO5. The molecule has 2 rings (SSSR count). The van der Waals surface area contributed by atoms with Crippen LogP contribution in [-0.4, -0.2) is 54.3 Å². The molecule has 3 unspecified atom stereocenters. The number of carbonyl (C=O) groups excluding carboxylic acids is 1. The van der Waals surface area contributed by atoms with Crippen molar-refractivity contribution in [3.63, 3.8) is 0 Å². The Bertz CT molecular complexity index is 589. The molecule has 3 atom stereocenters. The summed E-state index contributed by atoms with van der Waals surface area (Å²) < 4.78 is 10.9. The highest BCUT2D eigenvalue weighted by molar-refractivity contribution is 5.85. The van der Waals surface area contributed by atoms with Crippen LogP contribution < -0.4 is 4.74 Å². The lowest BCUT2D eigenvalue weighted by Crippen LogP contribution is -2.43. The zero-order valence-electron chi connectivity index (χ0n) is 14.4. The van der Waals surface area contributed by atoms with E-state index in [2.05, 4.69) is 13.8 Å². The molecule has 1 amide bonds. The van der Waals surface area contributed by atoms with Gasteiger partial charge in [-0.15, -0.1) is 0 Å². The Balaban J connectivity index is 2.04. The Labute approximate surface area is 142 Å². The summed E-state index contributed by atoms with van der Waals surface area (Å²) in [4.78, 5) is 25.1. The first-order valence-electron chi connectivity index (χ1n) is 8.24. The van der Waals surface area contributed by atoms with Crippen molar-refractivity contribution < 1.29 is 24.2 Å². The summed E-state index contributed by atoms with van der Waals surface area (Å²) in [5, 5.41) is 9.29. The minimum atomic E-state index is -1.01. The van der Waals surface area contributed by atoms with Crippen LogP contribution in [0.15, 0.2) is 24.3 Å². The molecule has 1 aromatic carbocycles. The number of carboxylic acids is 1. The molecule has 132 valence electrons. The van der Waals surface area contributed by atoms with Crippen molar-refractivity contribution >= 4 is 11.9 Å². The van der Waals surface area contributed by atoms with Gasteiger partial charge in [-0.3, -0.25) is 4.79 Å². The summed E-state index contributed by atoms with van der Waals surface area (Å²) in [7, 11) is 1.52. The number of carbonyl (C=O) groups is 2. The van der Waals surface area contributed by atoms with Crippen molar-refractivity contribution in [2.45, 2.75) is 44.8 Å². The number of para-hydroxylation sites is 1. The average Bonchev–Trinajstić information content (AvgIpc) is 3.04. The summed E-state index contributed by atoms with van der Waals surface area (Å²) in [6, 6.07) is 6.79. The van der Waals surface area contributed by atoms with Crippen LogP contribution in [0.1, 0.15) is 38.2 Å². The maximum Gasteiger partial charge on any atom is 0.326 e. The zero-order valence-corrected chi connectivity index (χ0v) is 14.4. The second-order valence-electron chi connectivity index (χ2n) is 6.13. The van der Waals surface area contributed by atoms with E-state index in [9.17, 15) is 14.7 Å². The van der Waals surface area contributed by atoms with Gasteiger partial charge in [-0.2, -0.15) is 0 Å². The van der Waals surface area contributed by atoms with Gasteiger partial charge in [0.2, 0.25) is 0 Å². The summed E-state index contributed by atoms with van der Waals surface area (Å²) in [6.45, 7) is 4.31. The highest BCUT2D eigenvalue weighted by atomic mass is 16.5. The third-order valence-electron chi connectivity index (χ3n) is 4.61. The van der Waals surface area contributed by atoms with E-state index >= 15 is 0 Å². The normalized spacial score (nSPS) is 21.5. The number of aliphatic carboxylic acids is 1. The standard InChI is InChI=1S/C18H25NO5/c1-4-12(2)14-7-5-6-8-16(14)24-11-17(20)19-10-13(23-3)9-15(19)18(21)22/h5-8,12-13,15H,4,9-11H2,1-3H3,(H,21,22). The van der Waals surface area contributed by atoms with Gasteiger partial charge in [0.1, 0.15) is 11.8 Å². The van der Waals surface area contributed by atoms with Crippen LogP contribution >= 0.6 is 0 Å². The fourth-order valence-corrected chi connectivity index (χ4v) is 2.94. The second kappa shape index (κ2) is 8.15. The lowest BCUT2D eigenvalue weighted by atomic mass is 9.98. The monoisotopic (exact) mass is 335 g/mol. The summed E-state index contributed by atoms with van der Waals surface area (Å²) in [5.41, 5.74) is 1.05. The van der Waals surface area contributed by atoms with E-state index in [-0.39, 0.29) is 25.2 Å². The summed E-state index contributed by atoms with van der Waals surface area (Å²) in [6.07, 6.45) is 1.03. The number of hydrogen-bond donors (Lipinski definition) is 1. The van der Waals surface area contributed by atoms with Crippen LogP contribution in [-0.2, 0) is 14.3 Å². The van der Waals surface area contributed by atoms with E-state index in [1.165, 1.54) is 12.0 Å². The fraction of sp³-hybridized carbons (Fsp3) is 0.556. The molecule has 1 fully saturated rings. The lowest BCUT2D eigenvalue weighted by molar-refractivity contribution is -0.149. The Morgan fingerprint density at radius 1 is 1.38 bits per heavy atom. The van der Waals surface area contributed by atoms with Gasteiger partial charge in [-0.1, -0.05) is 32.0 Å². The Hall–Kier alpha value is -2.08. The molecule has 6 nitrogen and oxygen atoms in total. The summed E-state index contributed by atoms with van der Waals surface area (Å²) in [5.74, 6) is -0.342. The molecule has 0 aromatic heterocycles. The molecule has 6 heteroatoms. The lowest BCUT2D eigenvalue weighted by Gasteiger charge is -2.22. The minimum absolute atomic E-state index is 0.173. The van der Waals surface area contributed by atoms with Crippen molar-refractivity contribution in [3.05, 3.63) is 29.8 Å². The van der Waals surface area contributed by atoms with Gasteiger partial charge in [-0.25, -0.2) is 4.79 Å². The largest absolute Gasteiger partial charge is 0.483 e. The Kier molecular flexibility index (Phi) is 6.20. The first-order valence-corrected chi connectivity index (χ1v) is 8.24. The summed E-state index contributed by atoms with van der Waals surface area (Å²) >= 11 is 0. The SMILES string of the molecule is CCC(C)c1ccccc1OCC(=O)N1CC(OC)CC1C(=O)O. The molecule has 0 aliphatic carbocycles. The topological polar surface area (TPSA) is 76.1 Å². The van der Waals surface area contributed by atoms with Crippen LogP contribution in [0.3, 0.4) is 0 Å². The number of benzene rings is 1. The zero-order chi connectivity index (χ0) is 17.7. The number of carboxylic acid groups (broad SMARTS) is 1. The smallest absolute Gasteiger partial charge is 0.326 e. The highest BCUT2D eigenvalue weighted by Gasteiger charge is 2.39. The average molecular weight is 335 g/mol. The third-order valence-corrected chi connectivity index (χ3v) is 4.61. The van der Waals surface area contributed by atoms with Gasteiger partial charge < -0.3 is 19.5 Å². The molecule has 0 bridgehead atoms. The number of rotatable bonds is 7. The van der Waals surface area contributed by atoms with Gasteiger partial charge in [0.05, 0.1) is 6.10 Å². The minimum Gasteiger partial charge on any atom is -0.483 e. The number of methoxy groups -OCH3 is 1. The molecule has 1 heterocycles. The van der Waals surface area contributed by atoms with E-state index in [1.807, 2.05) is 24.3 Å². The second-order valence-corrected chi connectivity index (χ2v) is 6.13. The predicted octanol–water partition coefficient (Wildman–Crippen LogP) is 2.28. The van der Waals surface area contributed by atoms with Gasteiger partial charge in [-0.05, 0) is 24.0 Å². The molecule has 1 aliphatic heterocycles.